The average molecular weight is 337 g/mol. The Morgan fingerprint density at radius 3 is 2.86 bits per heavy atom. The Hall–Kier alpha value is -1.93. The van der Waals surface area contributed by atoms with Gasteiger partial charge in [-0.25, -0.2) is 0 Å². The second kappa shape index (κ2) is 7.90. The van der Waals surface area contributed by atoms with Crippen LogP contribution in [0.2, 0.25) is 0 Å². The van der Waals surface area contributed by atoms with E-state index < -0.39 is 5.97 Å². The van der Waals surface area contributed by atoms with Crippen LogP contribution in [0, 0.1) is 6.92 Å². The third-order valence-electron chi connectivity index (χ3n) is 2.66. The van der Waals surface area contributed by atoms with E-state index in [0.717, 1.165) is 10.1 Å². The number of nitrogens with zero attached hydrogens (tertiary/aromatic N) is 2. The number of anilines is 1. The zero-order valence-electron chi connectivity index (χ0n) is 11.9. The maximum absolute atomic E-state index is 11.5. The third kappa shape index (κ3) is 5.45. The molecular weight excluding hydrogens is 322 g/mol. The number of carbonyl (C=O) groups is 2. The Labute approximate surface area is 136 Å². The summed E-state index contributed by atoms with van der Waals surface area (Å²) in [6.07, 6.45) is -0.264. The van der Waals surface area contributed by atoms with Gasteiger partial charge in [-0.05, 0) is 12.5 Å². The summed E-state index contributed by atoms with van der Waals surface area (Å²) >= 11 is 2.83. The topological polar surface area (TPSA) is 92.2 Å². The van der Waals surface area contributed by atoms with Crippen molar-refractivity contribution in [1.82, 2.24) is 10.2 Å². The molecule has 0 aliphatic rings. The van der Waals surface area contributed by atoms with Crippen molar-refractivity contribution in [2.24, 2.45) is 0 Å². The van der Waals surface area contributed by atoms with Crippen LogP contribution in [-0.2, 0) is 15.3 Å². The summed E-state index contributed by atoms with van der Waals surface area (Å²) in [6.45, 7) is 2.05. The van der Waals surface area contributed by atoms with Crippen molar-refractivity contribution >= 4 is 40.1 Å². The number of amides is 1. The minimum absolute atomic E-state index is 0.0688. The van der Waals surface area contributed by atoms with Crippen molar-refractivity contribution in [3.63, 3.8) is 0 Å². The number of carboxylic acids is 1. The summed E-state index contributed by atoms with van der Waals surface area (Å²) in [7, 11) is 0. The first-order valence-electron chi connectivity index (χ1n) is 6.56. The highest BCUT2D eigenvalue weighted by Gasteiger charge is 2.10. The van der Waals surface area contributed by atoms with Crippen LogP contribution in [0.3, 0.4) is 0 Å². The van der Waals surface area contributed by atoms with Gasteiger partial charge >= 0.3 is 5.97 Å². The molecule has 0 fully saturated rings. The van der Waals surface area contributed by atoms with E-state index in [-0.39, 0.29) is 18.7 Å². The molecule has 8 heteroatoms. The first-order valence-corrected chi connectivity index (χ1v) is 8.36. The molecule has 1 aromatic carbocycles. The van der Waals surface area contributed by atoms with Crippen LogP contribution in [0.15, 0.2) is 28.6 Å². The fourth-order valence-electron chi connectivity index (χ4n) is 1.67. The van der Waals surface area contributed by atoms with Crippen molar-refractivity contribution in [2.45, 2.75) is 29.9 Å². The predicted octanol–water partition coefficient (Wildman–Crippen LogP) is 2.94. The lowest BCUT2D eigenvalue weighted by Crippen LogP contribution is -2.12. The van der Waals surface area contributed by atoms with E-state index in [9.17, 15) is 9.59 Å². The van der Waals surface area contributed by atoms with E-state index in [1.807, 2.05) is 19.1 Å². The highest BCUT2D eigenvalue weighted by molar-refractivity contribution is 8.00. The number of rotatable bonds is 7. The van der Waals surface area contributed by atoms with Crippen molar-refractivity contribution in [3.05, 3.63) is 35.4 Å². The molecule has 0 bridgehead atoms. The lowest BCUT2D eigenvalue weighted by molar-refractivity contribution is -0.138. The molecule has 22 heavy (non-hydrogen) atoms. The SMILES string of the molecule is Cc1cccc(CSc2nnc(NC(=O)CCC(=O)O)s2)c1. The second-order valence-electron chi connectivity index (χ2n) is 4.59. The molecule has 1 amide bonds. The average Bonchev–Trinajstić information content (AvgIpc) is 2.90. The van der Waals surface area contributed by atoms with Gasteiger partial charge in [0.15, 0.2) is 4.34 Å². The van der Waals surface area contributed by atoms with Crippen LogP contribution in [0.1, 0.15) is 24.0 Å². The standard InChI is InChI=1S/C14H15N3O3S2/c1-9-3-2-4-10(7-9)8-21-14-17-16-13(22-14)15-11(18)5-6-12(19)20/h2-4,7H,5-6,8H2,1H3,(H,19,20)(H,15,16,18). The van der Waals surface area contributed by atoms with Gasteiger partial charge in [0.25, 0.3) is 0 Å². The molecule has 6 nitrogen and oxygen atoms in total. The summed E-state index contributed by atoms with van der Waals surface area (Å²) < 4.78 is 0.759. The molecule has 0 radical (unpaired) electrons. The summed E-state index contributed by atoms with van der Waals surface area (Å²) in [4.78, 5) is 21.9. The van der Waals surface area contributed by atoms with E-state index in [4.69, 9.17) is 5.11 Å². The molecule has 0 saturated heterocycles. The number of nitrogens with one attached hydrogen (secondary N) is 1. The molecule has 0 aliphatic carbocycles. The van der Waals surface area contributed by atoms with Gasteiger partial charge in [0, 0.05) is 12.2 Å². The number of hydrogen-bond acceptors (Lipinski definition) is 6. The van der Waals surface area contributed by atoms with E-state index >= 15 is 0 Å². The first kappa shape index (κ1) is 16.4. The quantitative estimate of drug-likeness (QED) is 0.596. The highest BCUT2D eigenvalue weighted by atomic mass is 32.2. The normalized spacial score (nSPS) is 10.4. The molecule has 2 aromatic rings. The van der Waals surface area contributed by atoms with Crippen LogP contribution in [0.5, 0.6) is 0 Å². The molecule has 0 atom stereocenters. The number of carbonyl (C=O) groups excluding carboxylic acids is 1. The summed E-state index contributed by atoms with van der Waals surface area (Å²) in [6, 6.07) is 8.22. The molecule has 0 saturated carbocycles. The molecule has 2 N–H and O–H groups in total. The molecule has 116 valence electrons. The van der Waals surface area contributed by atoms with Crippen LogP contribution < -0.4 is 5.32 Å². The third-order valence-corrected chi connectivity index (χ3v) is 4.71. The van der Waals surface area contributed by atoms with E-state index in [0.29, 0.717) is 5.13 Å². The number of thioether (sulfide) groups is 1. The lowest BCUT2D eigenvalue weighted by Gasteiger charge is -2.00. The van der Waals surface area contributed by atoms with Gasteiger partial charge in [-0.1, -0.05) is 52.9 Å². The maximum atomic E-state index is 11.5. The van der Waals surface area contributed by atoms with Crippen LogP contribution >= 0.6 is 23.1 Å². The van der Waals surface area contributed by atoms with Gasteiger partial charge < -0.3 is 10.4 Å². The molecule has 0 unspecified atom stereocenters. The Morgan fingerprint density at radius 1 is 1.32 bits per heavy atom. The van der Waals surface area contributed by atoms with Gasteiger partial charge in [-0.15, -0.1) is 10.2 Å². The van der Waals surface area contributed by atoms with Crippen LogP contribution in [0.25, 0.3) is 0 Å². The lowest BCUT2D eigenvalue weighted by atomic mass is 10.2. The van der Waals surface area contributed by atoms with Gasteiger partial charge in [0.2, 0.25) is 11.0 Å². The Bertz CT molecular complexity index is 673. The zero-order chi connectivity index (χ0) is 15.9. The number of benzene rings is 1. The van der Waals surface area contributed by atoms with Crippen LogP contribution in [0.4, 0.5) is 5.13 Å². The van der Waals surface area contributed by atoms with Gasteiger partial charge in [-0.3, -0.25) is 9.59 Å². The smallest absolute Gasteiger partial charge is 0.303 e. The van der Waals surface area contributed by atoms with E-state index in [1.165, 1.54) is 22.5 Å². The van der Waals surface area contributed by atoms with E-state index in [1.54, 1.807) is 11.8 Å². The number of aryl methyl sites for hydroxylation is 1. The fraction of sp³-hybridized carbons (Fsp3) is 0.286. The summed E-state index contributed by atoms with van der Waals surface area (Å²) in [5.74, 6) is -0.584. The number of carboxylic acid groups (broad SMARTS) is 1. The predicted molar refractivity (Wildman–Crippen MR) is 86.1 cm³/mol. The summed E-state index contributed by atoms with van der Waals surface area (Å²) in [5.41, 5.74) is 2.41. The molecule has 1 aromatic heterocycles. The number of aromatic nitrogens is 2. The minimum atomic E-state index is -0.998. The van der Waals surface area contributed by atoms with E-state index in [2.05, 4.69) is 27.6 Å². The van der Waals surface area contributed by atoms with Gasteiger partial charge in [0.1, 0.15) is 0 Å². The molecule has 0 spiro atoms. The number of hydrogen-bond donors (Lipinski definition) is 2. The van der Waals surface area contributed by atoms with Crippen LogP contribution in [-0.4, -0.2) is 27.2 Å². The highest BCUT2D eigenvalue weighted by Crippen LogP contribution is 2.28. The van der Waals surface area contributed by atoms with Crippen molar-refractivity contribution < 1.29 is 14.7 Å². The molecular formula is C14H15N3O3S2. The maximum Gasteiger partial charge on any atom is 0.303 e. The van der Waals surface area contributed by atoms with Crippen molar-refractivity contribution in [3.8, 4) is 0 Å². The van der Waals surface area contributed by atoms with Gasteiger partial charge in [0.05, 0.1) is 6.42 Å². The van der Waals surface area contributed by atoms with Gasteiger partial charge in [-0.2, -0.15) is 0 Å². The Morgan fingerprint density at radius 2 is 2.14 bits per heavy atom. The second-order valence-corrected chi connectivity index (χ2v) is 6.79. The molecule has 2 rings (SSSR count). The monoisotopic (exact) mass is 337 g/mol. The van der Waals surface area contributed by atoms with Crippen molar-refractivity contribution in [1.29, 1.82) is 0 Å². The Balaban J connectivity index is 1.83. The zero-order valence-corrected chi connectivity index (χ0v) is 13.5. The first-order chi connectivity index (χ1) is 10.5. The molecule has 0 aliphatic heterocycles. The minimum Gasteiger partial charge on any atom is -0.481 e. The fourth-order valence-corrected chi connectivity index (χ4v) is 3.38. The number of aliphatic carboxylic acids is 1. The molecule has 1 heterocycles. The van der Waals surface area contributed by atoms with Crippen molar-refractivity contribution in [2.75, 3.05) is 5.32 Å². The summed E-state index contributed by atoms with van der Waals surface area (Å²) in [5, 5.41) is 19.4. The largest absolute Gasteiger partial charge is 0.481 e. The Kier molecular flexibility index (Phi) is 5.91.